The zero-order valence-corrected chi connectivity index (χ0v) is 16.0. The van der Waals surface area contributed by atoms with Crippen molar-refractivity contribution in [3.8, 4) is 5.75 Å². The summed E-state index contributed by atoms with van der Waals surface area (Å²) in [6.07, 6.45) is 0.445. The number of fused-ring (bicyclic) bond motifs is 1. The van der Waals surface area contributed by atoms with Crippen molar-refractivity contribution in [3.05, 3.63) is 60.2 Å². The van der Waals surface area contributed by atoms with Crippen LogP contribution in [0.5, 0.6) is 5.75 Å². The van der Waals surface area contributed by atoms with Gasteiger partial charge in [0.15, 0.2) is 6.10 Å². The number of anilines is 1. The average Bonchev–Trinajstić information content (AvgIpc) is 3.16. The monoisotopic (exact) mass is 393 g/mol. The molecule has 0 radical (unpaired) electrons. The van der Waals surface area contributed by atoms with Crippen LogP contribution in [0, 0.1) is 0 Å². The average molecular weight is 393 g/mol. The Morgan fingerprint density at radius 1 is 1.07 bits per heavy atom. The lowest BCUT2D eigenvalue weighted by Crippen LogP contribution is -2.52. The lowest BCUT2D eigenvalue weighted by Gasteiger charge is -2.35. The number of benzene rings is 2. The van der Waals surface area contributed by atoms with Crippen LogP contribution in [-0.2, 0) is 20.9 Å². The number of carbonyl (C=O) groups is 3. The molecule has 2 aromatic carbocycles. The molecule has 7 nitrogen and oxygen atoms in total. The molecule has 150 valence electrons. The Morgan fingerprint density at radius 3 is 2.59 bits per heavy atom. The van der Waals surface area contributed by atoms with Crippen molar-refractivity contribution < 1.29 is 19.1 Å². The Balaban J connectivity index is 1.47. The Bertz CT molecular complexity index is 915. The summed E-state index contributed by atoms with van der Waals surface area (Å²) in [5.74, 6) is -0.00739. The molecule has 2 aliphatic rings. The van der Waals surface area contributed by atoms with Crippen LogP contribution in [0.1, 0.15) is 18.4 Å². The molecule has 0 aromatic heterocycles. The van der Waals surface area contributed by atoms with Gasteiger partial charge in [0, 0.05) is 19.5 Å². The fourth-order valence-electron chi connectivity index (χ4n) is 3.63. The Morgan fingerprint density at radius 2 is 1.83 bits per heavy atom. The highest BCUT2D eigenvalue weighted by Gasteiger charge is 2.35. The highest BCUT2D eigenvalue weighted by atomic mass is 16.5. The second-order valence-electron chi connectivity index (χ2n) is 7.20. The number of nitrogens with zero attached hydrogens (tertiary/aromatic N) is 2. The van der Waals surface area contributed by atoms with Gasteiger partial charge in [-0.25, -0.2) is 0 Å². The lowest BCUT2D eigenvalue weighted by atomic mass is 10.1. The topological polar surface area (TPSA) is 79.0 Å². The van der Waals surface area contributed by atoms with E-state index >= 15 is 0 Å². The molecule has 1 fully saturated rings. The van der Waals surface area contributed by atoms with Crippen molar-refractivity contribution >= 4 is 23.4 Å². The minimum atomic E-state index is -0.813. The first-order chi connectivity index (χ1) is 14.1. The molecule has 4 rings (SSSR count). The highest BCUT2D eigenvalue weighted by Crippen LogP contribution is 2.33. The number of hydrogen-bond acceptors (Lipinski definition) is 4. The fraction of sp³-hybridized carbons (Fsp3) is 0.318. The van der Waals surface area contributed by atoms with Crippen molar-refractivity contribution in [1.82, 2.24) is 10.2 Å². The van der Waals surface area contributed by atoms with E-state index in [1.165, 1.54) is 0 Å². The van der Waals surface area contributed by atoms with Gasteiger partial charge in [0.25, 0.3) is 5.91 Å². The van der Waals surface area contributed by atoms with Crippen molar-refractivity contribution in [3.63, 3.8) is 0 Å². The van der Waals surface area contributed by atoms with Crippen molar-refractivity contribution in [2.75, 3.05) is 24.5 Å². The van der Waals surface area contributed by atoms with Crippen molar-refractivity contribution in [2.45, 2.75) is 25.5 Å². The molecule has 2 heterocycles. The molecule has 0 bridgehead atoms. The van der Waals surface area contributed by atoms with Gasteiger partial charge in [-0.15, -0.1) is 0 Å². The van der Waals surface area contributed by atoms with E-state index in [9.17, 15) is 14.4 Å². The van der Waals surface area contributed by atoms with E-state index in [2.05, 4.69) is 5.32 Å². The van der Waals surface area contributed by atoms with Gasteiger partial charge in [0.05, 0.1) is 12.2 Å². The van der Waals surface area contributed by atoms with E-state index in [-0.39, 0.29) is 30.8 Å². The Labute approximate surface area is 169 Å². The molecule has 29 heavy (non-hydrogen) atoms. The maximum Gasteiger partial charge on any atom is 0.263 e. The highest BCUT2D eigenvalue weighted by molar-refractivity contribution is 6.00. The van der Waals surface area contributed by atoms with Gasteiger partial charge in [0.2, 0.25) is 11.8 Å². The number of nitrogens with one attached hydrogen (secondary N) is 1. The van der Waals surface area contributed by atoms with Gasteiger partial charge >= 0.3 is 0 Å². The summed E-state index contributed by atoms with van der Waals surface area (Å²) in [5, 5.41) is 2.87. The zero-order valence-electron chi connectivity index (χ0n) is 16.0. The molecule has 1 atom stereocenters. The quantitative estimate of drug-likeness (QED) is 0.839. The van der Waals surface area contributed by atoms with E-state index in [0.29, 0.717) is 30.9 Å². The van der Waals surface area contributed by atoms with E-state index in [1.807, 2.05) is 36.4 Å². The summed E-state index contributed by atoms with van der Waals surface area (Å²) >= 11 is 0. The second-order valence-corrected chi connectivity index (χ2v) is 7.20. The van der Waals surface area contributed by atoms with Gasteiger partial charge in [0.1, 0.15) is 12.3 Å². The van der Waals surface area contributed by atoms with E-state index < -0.39 is 6.10 Å². The summed E-state index contributed by atoms with van der Waals surface area (Å²) in [5.41, 5.74) is 1.61. The zero-order chi connectivity index (χ0) is 20.2. The number of likely N-dealkylation sites (tertiary alicyclic amines) is 1. The first kappa shape index (κ1) is 19.0. The molecule has 0 spiro atoms. The van der Waals surface area contributed by atoms with Crippen LogP contribution in [0.15, 0.2) is 54.6 Å². The van der Waals surface area contributed by atoms with Crippen LogP contribution in [0.4, 0.5) is 5.69 Å². The SMILES string of the molecule is O=C(NCc1ccccc1)C1CN(C(=O)CN2CCCC2=O)c2ccccc2O1. The first-order valence-electron chi connectivity index (χ1n) is 9.77. The van der Waals surface area contributed by atoms with Gasteiger partial charge in [-0.1, -0.05) is 42.5 Å². The van der Waals surface area contributed by atoms with Crippen LogP contribution in [0.2, 0.25) is 0 Å². The minimum absolute atomic E-state index is 0.00273. The smallest absolute Gasteiger partial charge is 0.263 e. The summed E-state index contributed by atoms with van der Waals surface area (Å²) < 4.78 is 5.87. The Hall–Kier alpha value is -3.35. The summed E-state index contributed by atoms with van der Waals surface area (Å²) in [6.45, 7) is 1.11. The van der Waals surface area contributed by atoms with Crippen LogP contribution in [0.25, 0.3) is 0 Å². The summed E-state index contributed by atoms with van der Waals surface area (Å²) in [7, 11) is 0. The van der Waals surface area contributed by atoms with E-state index in [0.717, 1.165) is 12.0 Å². The number of amides is 3. The third kappa shape index (κ3) is 4.23. The normalized spacial score (nSPS) is 18.2. The largest absolute Gasteiger partial charge is 0.477 e. The van der Waals surface area contributed by atoms with Gasteiger partial charge in [-0.2, -0.15) is 0 Å². The predicted molar refractivity (Wildman–Crippen MR) is 107 cm³/mol. The molecular formula is C22H23N3O4. The number of para-hydroxylation sites is 2. The van der Waals surface area contributed by atoms with Crippen LogP contribution < -0.4 is 15.0 Å². The van der Waals surface area contributed by atoms with Crippen LogP contribution >= 0.6 is 0 Å². The number of hydrogen-bond donors (Lipinski definition) is 1. The second kappa shape index (κ2) is 8.34. The molecule has 2 aliphatic heterocycles. The minimum Gasteiger partial charge on any atom is -0.477 e. The molecule has 0 aliphatic carbocycles. The number of carbonyl (C=O) groups excluding carboxylic acids is 3. The third-order valence-corrected chi connectivity index (χ3v) is 5.17. The van der Waals surface area contributed by atoms with Crippen LogP contribution in [-0.4, -0.2) is 48.4 Å². The maximum absolute atomic E-state index is 13.0. The molecule has 1 saturated heterocycles. The van der Waals surface area contributed by atoms with Crippen molar-refractivity contribution in [1.29, 1.82) is 0 Å². The third-order valence-electron chi connectivity index (χ3n) is 5.17. The van der Waals surface area contributed by atoms with Crippen molar-refractivity contribution in [2.24, 2.45) is 0 Å². The van der Waals surface area contributed by atoms with Gasteiger partial charge in [-0.05, 0) is 24.1 Å². The standard InChI is InChI=1S/C22H23N3O4/c26-20-11-6-12-24(20)15-21(27)25-14-19(29-18-10-5-4-9-17(18)25)22(28)23-13-16-7-2-1-3-8-16/h1-5,7-10,19H,6,11-15H2,(H,23,28). The van der Waals surface area contributed by atoms with Gasteiger partial charge in [-0.3, -0.25) is 14.4 Å². The lowest BCUT2D eigenvalue weighted by molar-refractivity contribution is -0.133. The molecule has 7 heteroatoms. The molecule has 3 amide bonds. The van der Waals surface area contributed by atoms with E-state index in [1.54, 1.807) is 28.0 Å². The Kier molecular flexibility index (Phi) is 5.46. The molecule has 2 aromatic rings. The van der Waals surface area contributed by atoms with E-state index in [4.69, 9.17) is 4.74 Å². The summed E-state index contributed by atoms with van der Waals surface area (Å²) in [4.78, 5) is 40.7. The summed E-state index contributed by atoms with van der Waals surface area (Å²) in [6, 6.07) is 16.8. The molecule has 0 saturated carbocycles. The fourth-order valence-corrected chi connectivity index (χ4v) is 3.63. The van der Waals surface area contributed by atoms with Crippen LogP contribution in [0.3, 0.4) is 0 Å². The first-order valence-corrected chi connectivity index (χ1v) is 9.77. The molecule has 1 unspecified atom stereocenters. The van der Waals surface area contributed by atoms with Gasteiger partial charge < -0.3 is 19.9 Å². The number of ether oxygens (including phenoxy) is 1. The maximum atomic E-state index is 13.0. The predicted octanol–water partition coefficient (Wildman–Crippen LogP) is 1.72. The number of rotatable bonds is 5. The molecular weight excluding hydrogens is 370 g/mol. The molecule has 1 N–H and O–H groups in total.